The summed E-state index contributed by atoms with van der Waals surface area (Å²) >= 11 is 0. The van der Waals surface area contributed by atoms with Gasteiger partial charge in [0.15, 0.2) is 0 Å². The molecule has 0 aromatic heterocycles. The molecule has 2 rings (SSSR count). The van der Waals surface area contributed by atoms with Crippen LogP contribution in [0.25, 0.3) is 0 Å². The molecule has 7 nitrogen and oxygen atoms in total. The molecule has 2 unspecified atom stereocenters. The molecule has 2 saturated heterocycles. The van der Waals surface area contributed by atoms with Crippen molar-refractivity contribution >= 4 is 7.82 Å². The third kappa shape index (κ3) is 3.03. The summed E-state index contributed by atoms with van der Waals surface area (Å²) in [5.74, 6) is -0.157. The van der Waals surface area contributed by atoms with Crippen molar-refractivity contribution in [2.24, 2.45) is 5.92 Å². The molecule has 2 bridgehead atoms. The van der Waals surface area contributed by atoms with Gasteiger partial charge in [-0.2, -0.15) is 0 Å². The molecule has 2 heterocycles. The summed E-state index contributed by atoms with van der Waals surface area (Å²) in [4.78, 5) is 11.6. The van der Waals surface area contributed by atoms with Gasteiger partial charge in [0.1, 0.15) is 11.7 Å². The molecule has 2 aliphatic rings. The lowest BCUT2D eigenvalue weighted by molar-refractivity contribution is -0.234. The van der Waals surface area contributed by atoms with Crippen LogP contribution in [0.15, 0.2) is 0 Å². The average molecular weight is 295 g/mol. The van der Waals surface area contributed by atoms with Gasteiger partial charge in [0.05, 0.1) is 19.3 Å². The Labute approximate surface area is 112 Å². The van der Waals surface area contributed by atoms with E-state index in [1.807, 2.05) is 6.92 Å². The molecule has 0 amide bonds. The summed E-state index contributed by atoms with van der Waals surface area (Å²) in [7, 11) is -1.70. The molecular weight excluding hydrogens is 275 g/mol. The van der Waals surface area contributed by atoms with E-state index in [1.54, 1.807) is 7.11 Å². The van der Waals surface area contributed by atoms with Crippen LogP contribution in [0.1, 0.15) is 13.3 Å². The van der Waals surface area contributed by atoms with Gasteiger partial charge in [-0.15, -0.1) is 0 Å². The lowest BCUT2D eigenvalue weighted by Gasteiger charge is -2.36. The van der Waals surface area contributed by atoms with Crippen molar-refractivity contribution in [2.75, 3.05) is 34.0 Å². The van der Waals surface area contributed by atoms with E-state index < -0.39 is 19.5 Å². The van der Waals surface area contributed by atoms with Gasteiger partial charge in [-0.1, -0.05) is 0 Å². The minimum Gasteiger partial charge on any atom is -0.756 e. The highest BCUT2D eigenvalue weighted by atomic mass is 31.2. The number of rotatable bonds is 5. The summed E-state index contributed by atoms with van der Waals surface area (Å²) in [5.41, 5.74) is -0.798. The van der Waals surface area contributed by atoms with Crippen LogP contribution in [-0.4, -0.2) is 51.8 Å². The molecule has 8 heteroatoms. The molecule has 112 valence electrons. The number of hydrogen-bond donors (Lipinski definition) is 0. The monoisotopic (exact) mass is 295 g/mol. The van der Waals surface area contributed by atoms with Crippen molar-refractivity contribution < 1.29 is 32.7 Å². The summed E-state index contributed by atoms with van der Waals surface area (Å²) in [5, 5.41) is 0. The molecule has 0 N–H and O–H groups in total. The molecule has 0 saturated carbocycles. The van der Waals surface area contributed by atoms with Crippen LogP contribution in [-0.2, 0) is 27.8 Å². The second-order valence-electron chi connectivity index (χ2n) is 4.97. The molecule has 5 atom stereocenters. The lowest BCUT2D eigenvalue weighted by atomic mass is 9.88. The maximum atomic E-state index is 11.6. The molecule has 0 aromatic rings. The van der Waals surface area contributed by atoms with E-state index in [-0.39, 0.29) is 18.6 Å². The number of ether oxygens (including phenoxy) is 3. The van der Waals surface area contributed by atoms with E-state index in [4.69, 9.17) is 18.7 Å². The molecule has 0 spiro atoms. The highest BCUT2D eigenvalue weighted by Gasteiger charge is 2.56. The molecular formula is C11H20O7P-. The van der Waals surface area contributed by atoms with Crippen molar-refractivity contribution in [1.82, 2.24) is 0 Å². The number of phosphoric ester groups is 1. The summed E-state index contributed by atoms with van der Waals surface area (Å²) in [6.07, 6.45) is -0.277. The predicted octanol–water partition coefficient (Wildman–Crippen LogP) is 0.327. The fourth-order valence-corrected chi connectivity index (χ4v) is 3.55. The fraction of sp³-hybridized carbons (Fsp3) is 1.00. The molecule has 2 fully saturated rings. The normalized spacial score (nSPS) is 41.8. The third-order valence-corrected chi connectivity index (χ3v) is 4.70. The molecule has 0 aromatic carbocycles. The second kappa shape index (κ2) is 5.77. The van der Waals surface area contributed by atoms with E-state index in [1.165, 1.54) is 0 Å². The SMILES string of the molecule is COC[C@@]12CCOCC([C@H](C)O1)[C@H]2OP(=O)([O-])OC. The zero-order chi connectivity index (χ0) is 14.1. The second-order valence-corrected chi connectivity index (χ2v) is 6.44. The fourth-order valence-electron chi connectivity index (χ4n) is 2.84. The van der Waals surface area contributed by atoms with Crippen LogP contribution in [0.3, 0.4) is 0 Å². The topological polar surface area (TPSA) is 86.3 Å². The smallest absolute Gasteiger partial charge is 0.267 e. The maximum Gasteiger partial charge on any atom is 0.267 e. The largest absolute Gasteiger partial charge is 0.756 e. The van der Waals surface area contributed by atoms with Crippen molar-refractivity contribution in [1.29, 1.82) is 0 Å². The first-order chi connectivity index (χ1) is 8.94. The Bertz CT molecular complexity index is 363. The lowest BCUT2D eigenvalue weighted by Crippen LogP contribution is -2.47. The Kier molecular flexibility index (Phi) is 4.67. The van der Waals surface area contributed by atoms with Crippen LogP contribution in [0.4, 0.5) is 0 Å². The van der Waals surface area contributed by atoms with Gasteiger partial charge in [-0.3, -0.25) is 4.57 Å². The standard InChI is InChI=1S/C11H21O7P/c1-8-9-6-16-5-4-11(17-8,7-14-2)10(9)18-19(12,13)15-3/h8-10H,4-7H2,1-3H3,(H,12,13)/p-1/t8-,9?,10+,11+/m0/s1. The van der Waals surface area contributed by atoms with Crippen LogP contribution in [0.5, 0.6) is 0 Å². The van der Waals surface area contributed by atoms with Crippen LogP contribution in [0.2, 0.25) is 0 Å². The Morgan fingerprint density at radius 3 is 2.84 bits per heavy atom. The zero-order valence-corrected chi connectivity index (χ0v) is 12.3. The van der Waals surface area contributed by atoms with E-state index in [0.717, 1.165) is 7.11 Å². The van der Waals surface area contributed by atoms with Gasteiger partial charge < -0.3 is 28.2 Å². The first-order valence-corrected chi connectivity index (χ1v) is 7.70. The predicted molar refractivity (Wildman–Crippen MR) is 63.6 cm³/mol. The van der Waals surface area contributed by atoms with Crippen molar-refractivity contribution in [3.63, 3.8) is 0 Å². The highest BCUT2D eigenvalue weighted by molar-refractivity contribution is 7.45. The summed E-state index contributed by atoms with van der Waals surface area (Å²) in [6.45, 7) is 3.03. The quantitative estimate of drug-likeness (QED) is 0.675. The van der Waals surface area contributed by atoms with E-state index in [2.05, 4.69) is 4.52 Å². The first kappa shape index (κ1) is 15.4. The van der Waals surface area contributed by atoms with Crippen LogP contribution in [0, 0.1) is 5.92 Å². The van der Waals surface area contributed by atoms with E-state index in [9.17, 15) is 9.46 Å². The van der Waals surface area contributed by atoms with Gasteiger partial charge >= 0.3 is 0 Å². The molecule has 19 heavy (non-hydrogen) atoms. The molecule has 0 radical (unpaired) electrons. The van der Waals surface area contributed by atoms with Crippen molar-refractivity contribution in [2.45, 2.75) is 31.2 Å². The van der Waals surface area contributed by atoms with Gasteiger partial charge in [-0.25, -0.2) is 0 Å². The molecule has 2 aliphatic heterocycles. The zero-order valence-electron chi connectivity index (χ0n) is 11.4. The number of methoxy groups -OCH3 is 1. The molecule has 0 aliphatic carbocycles. The van der Waals surface area contributed by atoms with Gasteiger partial charge in [0.25, 0.3) is 7.82 Å². The van der Waals surface area contributed by atoms with E-state index in [0.29, 0.717) is 19.6 Å². The Hall–Kier alpha value is -0.0100. The third-order valence-electron chi connectivity index (χ3n) is 3.77. The van der Waals surface area contributed by atoms with Crippen LogP contribution < -0.4 is 4.89 Å². The van der Waals surface area contributed by atoms with Gasteiger partial charge in [0.2, 0.25) is 0 Å². The number of fused-ring (bicyclic) bond motifs is 2. The van der Waals surface area contributed by atoms with Gasteiger partial charge in [0, 0.05) is 33.2 Å². The van der Waals surface area contributed by atoms with Crippen LogP contribution >= 0.6 is 7.82 Å². The highest BCUT2D eigenvalue weighted by Crippen LogP contribution is 2.50. The summed E-state index contributed by atoms with van der Waals surface area (Å²) in [6, 6.07) is 0. The average Bonchev–Trinajstić information content (AvgIpc) is 2.48. The van der Waals surface area contributed by atoms with E-state index >= 15 is 0 Å². The Morgan fingerprint density at radius 1 is 1.47 bits per heavy atom. The van der Waals surface area contributed by atoms with Crippen molar-refractivity contribution in [3.8, 4) is 0 Å². The number of hydrogen-bond acceptors (Lipinski definition) is 7. The minimum absolute atomic E-state index is 0.155. The Balaban J connectivity index is 2.27. The van der Waals surface area contributed by atoms with Crippen molar-refractivity contribution in [3.05, 3.63) is 0 Å². The maximum absolute atomic E-state index is 11.6. The minimum atomic E-state index is -4.33. The first-order valence-electron chi connectivity index (χ1n) is 6.24. The summed E-state index contributed by atoms with van der Waals surface area (Å²) < 4.78 is 37.9. The van der Waals surface area contributed by atoms with Gasteiger partial charge in [-0.05, 0) is 6.92 Å². The number of phosphoric acid groups is 1. The Morgan fingerprint density at radius 2 is 2.21 bits per heavy atom.